The minimum atomic E-state index is -0.365. The summed E-state index contributed by atoms with van der Waals surface area (Å²) in [6, 6.07) is 15.5. The van der Waals surface area contributed by atoms with E-state index in [0.29, 0.717) is 42.4 Å². The number of hydrogen-bond acceptors (Lipinski definition) is 5. The van der Waals surface area contributed by atoms with Crippen molar-refractivity contribution >= 4 is 28.6 Å². The number of hydrogen-bond donors (Lipinski definition) is 0. The molecule has 4 rings (SSSR count). The van der Waals surface area contributed by atoms with Gasteiger partial charge in [0.05, 0.1) is 35.1 Å². The van der Waals surface area contributed by atoms with Crippen molar-refractivity contribution in [2.45, 2.75) is 43.5 Å². The Kier molecular flexibility index (Phi) is 7.27. The van der Waals surface area contributed by atoms with E-state index >= 15 is 0 Å². The highest BCUT2D eigenvalue weighted by molar-refractivity contribution is 8.00. The topological polar surface area (TPSA) is 64.4 Å². The second-order valence-electron chi connectivity index (χ2n) is 8.02. The van der Waals surface area contributed by atoms with E-state index in [4.69, 9.17) is 9.72 Å². The quantitative estimate of drug-likeness (QED) is 0.400. The maximum Gasteiger partial charge on any atom is 0.266 e. The highest BCUT2D eigenvalue weighted by atomic mass is 32.2. The Bertz CT molecular complexity index is 1140. The first kappa shape index (κ1) is 22.6. The summed E-state index contributed by atoms with van der Waals surface area (Å²) < 4.78 is 7.00. The Morgan fingerprint density at radius 3 is 2.56 bits per heavy atom. The summed E-state index contributed by atoms with van der Waals surface area (Å²) in [5, 5.41) is 0.736. The number of fused-ring (bicyclic) bond motifs is 1. The Hall–Kier alpha value is -2.64. The number of rotatable bonds is 7. The molecule has 32 heavy (non-hydrogen) atoms. The summed E-state index contributed by atoms with van der Waals surface area (Å²) >= 11 is 1.33. The predicted molar refractivity (Wildman–Crippen MR) is 129 cm³/mol. The van der Waals surface area contributed by atoms with E-state index in [1.807, 2.05) is 42.2 Å². The van der Waals surface area contributed by atoms with Crippen LogP contribution in [0.15, 0.2) is 58.5 Å². The molecule has 1 aromatic heterocycles. The third-order valence-electron chi connectivity index (χ3n) is 5.71. The maximum atomic E-state index is 13.5. The third kappa shape index (κ3) is 4.89. The van der Waals surface area contributed by atoms with Gasteiger partial charge >= 0.3 is 0 Å². The number of unbranched alkanes of at least 4 members (excludes halogenated alkanes) is 1. The fourth-order valence-electron chi connectivity index (χ4n) is 3.86. The number of aromatic nitrogens is 2. The van der Waals surface area contributed by atoms with Crippen molar-refractivity contribution < 1.29 is 9.53 Å². The van der Waals surface area contributed by atoms with Crippen LogP contribution < -0.4 is 5.56 Å². The van der Waals surface area contributed by atoms with E-state index in [0.717, 1.165) is 24.9 Å². The van der Waals surface area contributed by atoms with Gasteiger partial charge in [-0.15, -0.1) is 0 Å². The van der Waals surface area contributed by atoms with Crippen molar-refractivity contribution in [3.05, 3.63) is 64.4 Å². The lowest BCUT2D eigenvalue weighted by atomic mass is 10.1. The number of para-hydroxylation sites is 1. The standard InChI is InChI=1S/C25H29N3O3S/c1-3-4-7-19-10-12-20(13-11-19)28-24(30)21-8-5-6-9-22(21)26-25(28)32-18(2)23(29)27-14-16-31-17-15-27/h5-6,8-13,18H,3-4,7,14-17H2,1-2H3. The van der Waals surface area contributed by atoms with Gasteiger partial charge in [-0.1, -0.05) is 49.4 Å². The fraction of sp³-hybridized carbons (Fsp3) is 0.400. The molecule has 0 N–H and O–H groups in total. The fourth-order valence-corrected chi connectivity index (χ4v) is 4.87. The molecule has 1 aliphatic rings. The predicted octanol–water partition coefficient (Wildman–Crippen LogP) is 4.07. The number of carbonyl (C=O) groups is 1. The molecule has 0 radical (unpaired) electrons. The number of ether oxygens (including phenoxy) is 1. The molecule has 6 nitrogen and oxygen atoms in total. The first-order chi connectivity index (χ1) is 15.6. The molecule has 1 aliphatic heterocycles. The number of aryl methyl sites for hydroxylation is 1. The highest BCUT2D eigenvalue weighted by Crippen LogP contribution is 2.26. The Morgan fingerprint density at radius 1 is 1.12 bits per heavy atom. The average Bonchev–Trinajstić information content (AvgIpc) is 2.83. The van der Waals surface area contributed by atoms with Crippen LogP contribution >= 0.6 is 11.8 Å². The van der Waals surface area contributed by atoms with Crippen molar-refractivity contribution in [3.8, 4) is 5.69 Å². The molecule has 1 fully saturated rings. The lowest BCUT2D eigenvalue weighted by Gasteiger charge is -2.29. The van der Waals surface area contributed by atoms with E-state index in [1.165, 1.54) is 17.3 Å². The normalized spacial score (nSPS) is 15.1. The third-order valence-corrected chi connectivity index (χ3v) is 6.75. The van der Waals surface area contributed by atoms with Crippen LogP contribution in [-0.4, -0.2) is 51.9 Å². The zero-order chi connectivity index (χ0) is 22.5. The summed E-state index contributed by atoms with van der Waals surface area (Å²) in [5.74, 6) is 0.0437. The molecule has 2 aromatic carbocycles. The number of carbonyl (C=O) groups excluding carboxylic acids is 1. The SMILES string of the molecule is CCCCc1ccc(-n2c(SC(C)C(=O)N3CCOCC3)nc3ccccc3c2=O)cc1. The lowest BCUT2D eigenvalue weighted by molar-refractivity contribution is -0.134. The Labute approximate surface area is 192 Å². The van der Waals surface area contributed by atoms with Gasteiger partial charge in [-0.2, -0.15) is 0 Å². The Balaban J connectivity index is 1.70. The molecule has 1 atom stereocenters. The molecule has 2 heterocycles. The van der Waals surface area contributed by atoms with Gasteiger partial charge in [0.1, 0.15) is 0 Å². The van der Waals surface area contributed by atoms with E-state index < -0.39 is 0 Å². The minimum Gasteiger partial charge on any atom is -0.378 e. The number of amides is 1. The molecular formula is C25H29N3O3S. The van der Waals surface area contributed by atoms with Gasteiger partial charge in [0, 0.05) is 13.1 Å². The maximum absolute atomic E-state index is 13.5. The van der Waals surface area contributed by atoms with Crippen molar-refractivity contribution in [3.63, 3.8) is 0 Å². The molecule has 0 spiro atoms. The van der Waals surface area contributed by atoms with Crippen LogP contribution in [-0.2, 0) is 16.0 Å². The first-order valence-corrected chi connectivity index (χ1v) is 12.1. The van der Waals surface area contributed by atoms with Gasteiger partial charge in [0.25, 0.3) is 5.56 Å². The molecule has 0 bridgehead atoms. The van der Waals surface area contributed by atoms with Gasteiger partial charge in [-0.3, -0.25) is 14.2 Å². The molecule has 1 saturated heterocycles. The zero-order valence-electron chi connectivity index (χ0n) is 18.6. The number of benzene rings is 2. The van der Waals surface area contributed by atoms with Crippen LogP contribution in [0.5, 0.6) is 0 Å². The van der Waals surface area contributed by atoms with Gasteiger partial charge in [-0.25, -0.2) is 4.98 Å². The molecule has 168 valence electrons. The van der Waals surface area contributed by atoms with Gasteiger partial charge in [0.2, 0.25) is 5.91 Å². The Morgan fingerprint density at radius 2 is 1.84 bits per heavy atom. The van der Waals surface area contributed by atoms with Crippen molar-refractivity contribution in [1.29, 1.82) is 0 Å². The van der Waals surface area contributed by atoms with Crippen LogP contribution in [0.4, 0.5) is 0 Å². The van der Waals surface area contributed by atoms with Crippen molar-refractivity contribution in [2.24, 2.45) is 0 Å². The molecule has 7 heteroatoms. The number of thioether (sulfide) groups is 1. The summed E-state index contributed by atoms with van der Waals surface area (Å²) in [4.78, 5) is 33.0. The summed E-state index contributed by atoms with van der Waals surface area (Å²) in [6.45, 7) is 6.38. The van der Waals surface area contributed by atoms with E-state index in [-0.39, 0.29) is 16.7 Å². The molecule has 1 amide bonds. The summed E-state index contributed by atoms with van der Waals surface area (Å²) in [6.07, 6.45) is 3.30. The number of nitrogens with zero attached hydrogens (tertiary/aromatic N) is 3. The molecular weight excluding hydrogens is 422 g/mol. The van der Waals surface area contributed by atoms with Gasteiger partial charge < -0.3 is 9.64 Å². The van der Waals surface area contributed by atoms with Crippen LogP contribution in [0, 0.1) is 0 Å². The van der Waals surface area contributed by atoms with Crippen LogP contribution in [0.25, 0.3) is 16.6 Å². The van der Waals surface area contributed by atoms with E-state index in [9.17, 15) is 9.59 Å². The highest BCUT2D eigenvalue weighted by Gasteiger charge is 2.25. The van der Waals surface area contributed by atoms with Gasteiger partial charge in [-0.05, 0) is 49.6 Å². The molecule has 0 aliphatic carbocycles. The second kappa shape index (κ2) is 10.3. The molecule has 0 saturated carbocycles. The smallest absolute Gasteiger partial charge is 0.266 e. The molecule has 3 aromatic rings. The summed E-state index contributed by atoms with van der Waals surface area (Å²) in [5.41, 5.74) is 2.54. The van der Waals surface area contributed by atoms with Crippen molar-refractivity contribution in [2.75, 3.05) is 26.3 Å². The zero-order valence-corrected chi connectivity index (χ0v) is 19.4. The minimum absolute atomic E-state index is 0.0437. The largest absolute Gasteiger partial charge is 0.378 e. The monoisotopic (exact) mass is 451 g/mol. The number of morpholine rings is 1. The van der Waals surface area contributed by atoms with E-state index in [2.05, 4.69) is 19.1 Å². The van der Waals surface area contributed by atoms with Crippen LogP contribution in [0.2, 0.25) is 0 Å². The van der Waals surface area contributed by atoms with Crippen LogP contribution in [0.3, 0.4) is 0 Å². The molecule has 1 unspecified atom stereocenters. The second-order valence-corrected chi connectivity index (χ2v) is 9.33. The van der Waals surface area contributed by atoms with E-state index in [1.54, 1.807) is 10.6 Å². The first-order valence-electron chi connectivity index (χ1n) is 11.2. The van der Waals surface area contributed by atoms with Crippen molar-refractivity contribution in [1.82, 2.24) is 14.5 Å². The van der Waals surface area contributed by atoms with Gasteiger partial charge in [0.15, 0.2) is 5.16 Å². The summed E-state index contributed by atoms with van der Waals surface area (Å²) in [7, 11) is 0. The lowest BCUT2D eigenvalue weighted by Crippen LogP contribution is -2.44. The van der Waals surface area contributed by atoms with Crippen LogP contribution in [0.1, 0.15) is 32.3 Å². The average molecular weight is 452 g/mol.